The number of hydrogen-bond acceptors (Lipinski definition) is 4. The number of carbonyl (C=O) groups excluding carboxylic acids is 1. The summed E-state index contributed by atoms with van der Waals surface area (Å²) in [6.45, 7) is 2.18. The highest BCUT2D eigenvalue weighted by atomic mass is 16.2. The molecule has 1 aromatic heterocycles. The largest absolute Gasteiger partial charge is 0.329 e. The molecule has 2 aromatic rings. The smallest absolute Gasteiger partial charge is 0.324 e. The zero-order chi connectivity index (χ0) is 16.9. The topological polar surface area (TPSA) is 65.2 Å². The van der Waals surface area contributed by atoms with Crippen LogP contribution < -0.4 is 0 Å². The van der Waals surface area contributed by atoms with E-state index in [1.54, 1.807) is 22.0 Å². The predicted octanol–water partition coefficient (Wildman–Crippen LogP) is 2.44. The summed E-state index contributed by atoms with van der Waals surface area (Å²) in [5.74, 6) is 0. The lowest BCUT2D eigenvalue weighted by molar-refractivity contribution is 0.143. The summed E-state index contributed by atoms with van der Waals surface area (Å²) in [6.07, 6.45) is 5.14. The molecule has 0 atom stereocenters. The Balaban J connectivity index is 1.65. The summed E-state index contributed by atoms with van der Waals surface area (Å²) >= 11 is 0. The highest BCUT2D eigenvalue weighted by Gasteiger charge is 2.26. The zero-order valence-electron chi connectivity index (χ0n) is 13.8. The molecule has 2 heterocycles. The number of aromatic nitrogens is 2. The van der Waals surface area contributed by atoms with Crippen LogP contribution in [0.4, 0.5) is 4.79 Å². The van der Waals surface area contributed by atoms with Gasteiger partial charge < -0.3 is 4.90 Å². The maximum atomic E-state index is 12.7. The molecule has 0 N–H and O–H groups in total. The van der Waals surface area contributed by atoms with Crippen LogP contribution in [0.15, 0.2) is 42.9 Å². The molecule has 24 heavy (non-hydrogen) atoms. The molecule has 1 saturated heterocycles. The van der Waals surface area contributed by atoms with E-state index < -0.39 is 0 Å². The minimum Gasteiger partial charge on any atom is -0.324 e. The number of rotatable bonds is 3. The molecule has 0 aliphatic carbocycles. The number of likely N-dealkylation sites (tertiary alicyclic amines) is 1. The third kappa shape index (κ3) is 3.47. The van der Waals surface area contributed by atoms with Gasteiger partial charge in [0.1, 0.15) is 6.33 Å². The van der Waals surface area contributed by atoms with Gasteiger partial charge in [-0.15, -0.1) is 0 Å². The minimum absolute atomic E-state index is 0.0663. The SMILES string of the molecule is CN(C(=O)n1cnc(-c2ccccc2)c1)C1CCN(CC#N)CC1. The van der Waals surface area contributed by atoms with Crippen molar-refractivity contribution in [1.82, 2.24) is 19.4 Å². The summed E-state index contributed by atoms with van der Waals surface area (Å²) in [4.78, 5) is 20.9. The van der Waals surface area contributed by atoms with E-state index in [-0.39, 0.29) is 12.1 Å². The standard InChI is InChI=1S/C18H21N5O/c1-21(16-7-10-22(11-8-16)12-9-19)18(24)23-13-17(20-14-23)15-5-3-2-4-6-15/h2-6,13-14,16H,7-8,10-12H2,1H3. The molecule has 0 radical (unpaired) electrons. The number of benzene rings is 1. The van der Waals surface area contributed by atoms with Crippen molar-refractivity contribution in [3.63, 3.8) is 0 Å². The van der Waals surface area contributed by atoms with E-state index in [2.05, 4.69) is 16.0 Å². The fourth-order valence-electron chi connectivity index (χ4n) is 3.09. The quantitative estimate of drug-likeness (QED) is 0.814. The van der Waals surface area contributed by atoms with E-state index in [4.69, 9.17) is 5.26 Å². The van der Waals surface area contributed by atoms with Crippen molar-refractivity contribution in [1.29, 1.82) is 5.26 Å². The molecule has 0 bridgehead atoms. The Hall–Kier alpha value is -2.65. The first-order chi connectivity index (χ1) is 11.7. The Morgan fingerprint density at radius 1 is 1.33 bits per heavy atom. The van der Waals surface area contributed by atoms with Crippen molar-refractivity contribution < 1.29 is 4.79 Å². The number of carbonyl (C=O) groups is 1. The van der Waals surface area contributed by atoms with Gasteiger partial charge in [0.05, 0.1) is 18.3 Å². The lowest BCUT2D eigenvalue weighted by atomic mass is 10.0. The number of nitriles is 1. The Morgan fingerprint density at radius 3 is 2.71 bits per heavy atom. The first kappa shape index (κ1) is 16.2. The van der Waals surface area contributed by atoms with E-state index in [0.717, 1.165) is 37.2 Å². The molecule has 124 valence electrons. The zero-order valence-corrected chi connectivity index (χ0v) is 13.8. The third-order valence-electron chi connectivity index (χ3n) is 4.57. The molecule has 1 fully saturated rings. The number of imidazole rings is 1. The van der Waals surface area contributed by atoms with Crippen LogP contribution in [0.1, 0.15) is 12.8 Å². The van der Waals surface area contributed by atoms with Crippen LogP contribution >= 0.6 is 0 Å². The normalized spacial score (nSPS) is 15.8. The first-order valence-electron chi connectivity index (χ1n) is 8.15. The molecule has 0 spiro atoms. The number of piperidine rings is 1. The van der Waals surface area contributed by atoms with Gasteiger partial charge in [-0.3, -0.25) is 9.47 Å². The molecule has 1 aliphatic heterocycles. The van der Waals surface area contributed by atoms with E-state index in [1.165, 1.54) is 0 Å². The Kier molecular flexibility index (Phi) is 4.92. The van der Waals surface area contributed by atoms with Gasteiger partial charge in [0.2, 0.25) is 0 Å². The van der Waals surface area contributed by atoms with Crippen LogP contribution in [0.5, 0.6) is 0 Å². The molecule has 1 aromatic carbocycles. The number of hydrogen-bond donors (Lipinski definition) is 0. The van der Waals surface area contributed by atoms with Crippen LogP contribution in [-0.4, -0.2) is 58.1 Å². The van der Waals surface area contributed by atoms with Gasteiger partial charge in [0.15, 0.2) is 0 Å². The highest BCUT2D eigenvalue weighted by Crippen LogP contribution is 2.19. The Labute approximate surface area is 141 Å². The summed E-state index contributed by atoms with van der Waals surface area (Å²) in [5.41, 5.74) is 1.79. The summed E-state index contributed by atoms with van der Waals surface area (Å²) in [6, 6.07) is 12.1. The summed E-state index contributed by atoms with van der Waals surface area (Å²) in [5, 5.41) is 8.76. The van der Waals surface area contributed by atoms with E-state index >= 15 is 0 Å². The van der Waals surface area contributed by atoms with Gasteiger partial charge in [0.25, 0.3) is 0 Å². The van der Waals surface area contributed by atoms with Crippen LogP contribution in [-0.2, 0) is 0 Å². The van der Waals surface area contributed by atoms with Crippen molar-refractivity contribution in [3.8, 4) is 17.3 Å². The van der Waals surface area contributed by atoms with Crippen LogP contribution in [0, 0.1) is 11.3 Å². The third-order valence-corrected chi connectivity index (χ3v) is 4.57. The molecule has 0 unspecified atom stereocenters. The Morgan fingerprint density at radius 2 is 2.04 bits per heavy atom. The van der Waals surface area contributed by atoms with Gasteiger partial charge in [-0.25, -0.2) is 9.78 Å². The lowest BCUT2D eigenvalue weighted by Gasteiger charge is -2.35. The van der Waals surface area contributed by atoms with Crippen LogP contribution in [0.25, 0.3) is 11.3 Å². The van der Waals surface area contributed by atoms with E-state index in [0.29, 0.717) is 6.54 Å². The van der Waals surface area contributed by atoms with Crippen LogP contribution in [0.3, 0.4) is 0 Å². The van der Waals surface area contributed by atoms with Crippen molar-refractivity contribution in [2.45, 2.75) is 18.9 Å². The summed E-state index contributed by atoms with van der Waals surface area (Å²) in [7, 11) is 1.84. The van der Waals surface area contributed by atoms with Crippen molar-refractivity contribution in [2.24, 2.45) is 0 Å². The summed E-state index contributed by atoms with van der Waals surface area (Å²) < 4.78 is 1.55. The second-order valence-electron chi connectivity index (χ2n) is 6.09. The lowest BCUT2D eigenvalue weighted by Crippen LogP contribution is -2.46. The van der Waals surface area contributed by atoms with Crippen molar-refractivity contribution in [2.75, 3.05) is 26.7 Å². The molecule has 6 heteroatoms. The fraction of sp³-hybridized carbons (Fsp3) is 0.389. The second-order valence-corrected chi connectivity index (χ2v) is 6.09. The monoisotopic (exact) mass is 323 g/mol. The average molecular weight is 323 g/mol. The average Bonchev–Trinajstić information content (AvgIpc) is 3.12. The molecule has 3 rings (SSSR count). The van der Waals surface area contributed by atoms with Gasteiger partial charge >= 0.3 is 6.03 Å². The highest BCUT2D eigenvalue weighted by molar-refractivity contribution is 5.78. The van der Waals surface area contributed by atoms with Gasteiger partial charge in [-0.2, -0.15) is 5.26 Å². The maximum Gasteiger partial charge on any atom is 0.329 e. The van der Waals surface area contributed by atoms with E-state index in [1.807, 2.05) is 37.4 Å². The minimum atomic E-state index is -0.0663. The number of nitrogens with zero attached hydrogens (tertiary/aromatic N) is 5. The van der Waals surface area contributed by atoms with E-state index in [9.17, 15) is 4.79 Å². The molecule has 0 saturated carbocycles. The molecular formula is C18H21N5O. The van der Waals surface area contributed by atoms with Crippen molar-refractivity contribution >= 4 is 6.03 Å². The molecule has 1 aliphatic rings. The number of amides is 1. The predicted molar refractivity (Wildman–Crippen MR) is 91.3 cm³/mol. The van der Waals surface area contributed by atoms with Gasteiger partial charge in [-0.05, 0) is 12.8 Å². The van der Waals surface area contributed by atoms with Crippen LogP contribution in [0.2, 0.25) is 0 Å². The van der Waals surface area contributed by atoms with Crippen molar-refractivity contribution in [3.05, 3.63) is 42.9 Å². The first-order valence-corrected chi connectivity index (χ1v) is 8.15. The van der Waals surface area contributed by atoms with Gasteiger partial charge in [0, 0.05) is 37.9 Å². The van der Waals surface area contributed by atoms with Gasteiger partial charge in [-0.1, -0.05) is 30.3 Å². The molecule has 1 amide bonds. The maximum absolute atomic E-state index is 12.7. The molecular weight excluding hydrogens is 302 g/mol. The second kappa shape index (κ2) is 7.28. The Bertz CT molecular complexity index is 725. The molecule has 6 nitrogen and oxygen atoms in total. The fourth-order valence-corrected chi connectivity index (χ4v) is 3.09.